The second kappa shape index (κ2) is 6.48. The van der Waals surface area contributed by atoms with Gasteiger partial charge in [0.2, 0.25) is 5.91 Å². The number of likely N-dealkylation sites (tertiary alicyclic amines) is 1. The van der Waals surface area contributed by atoms with E-state index < -0.39 is 5.41 Å². The Morgan fingerprint density at radius 1 is 1.45 bits per heavy atom. The van der Waals surface area contributed by atoms with Gasteiger partial charge in [0.1, 0.15) is 5.76 Å². The van der Waals surface area contributed by atoms with Crippen LogP contribution >= 0.6 is 0 Å². The van der Waals surface area contributed by atoms with Crippen LogP contribution in [0.5, 0.6) is 0 Å². The molecule has 7 heteroatoms. The third-order valence-corrected chi connectivity index (χ3v) is 4.01. The van der Waals surface area contributed by atoms with Crippen molar-refractivity contribution in [2.75, 3.05) is 33.4 Å². The number of nitrogens with one attached hydrogen (secondary N) is 1. The molecule has 0 saturated carbocycles. The highest BCUT2D eigenvalue weighted by Gasteiger charge is 2.42. The summed E-state index contributed by atoms with van der Waals surface area (Å²) in [5, 5.41) is 2.84. The molecular formula is C15H23N3O4. The molecule has 7 nitrogen and oxygen atoms in total. The van der Waals surface area contributed by atoms with E-state index in [0.29, 0.717) is 50.0 Å². The molecule has 0 spiro atoms. The van der Waals surface area contributed by atoms with Gasteiger partial charge in [0.25, 0.3) is 5.91 Å². The molecule has 22 heavy (non-hydrogen) atoms. The highest BCUT2D eigenvalue weighted by molar-refractivity contribution is 5.94. The summed E-state index contributed by atoms with van der Waals surface area (Å²) in [4.78, 5) is 30.6. The van der Waals surface area contributed by atoms with Crippen molar-refractivity contribution in [3.63, 3.8) is 0 Å². The van der Waals surface area contributed by atoms with E-state index in [1.807, 2.05) is 6.92 Å². The number of oxazole rings is 1. The lowest BCUT2D eigenvalue weighted by molar-refractivity contribution is -0.129. The fourth-order valence-corrected chi connectivity index (χ4v) is 2.68. The van der Waals surface area contributed by atoms with Crippen molar-refractivity contribution in [2.24, 2.45) is 5.41 Å². The molecule has 1 aromatic rings. The molecule has 1 fully saturated rings. The summed E-state index contributed by atoms with van der Waals surface area (Å²) in [6.07, 6.45) is 0.632. The van der Waals surface area contributed by atoms with Crippen LogP contribution in [0.1, 0.15) is 35.5 Å². The number of carbonyl (C=O) groups is 2. The number of hydrogen-bond donors (Lipinski definition) is 1. The Kier molecular flexibility index (Phi) is 4.85. The van der Waals surface area contributed by atoms with Crippen LogP contribution in [-0.2, 0) is 9.53 Å². The van der Waals surface area contributed by atoms with Crippen molar-refractivity contribution < 1.29 is 18.7 Å². The van der Waals surface area contributed by atoms with Crippen LogP contribution in [0.4, 0.5) is 0 Å². The summed E-state index contributed by atoms with van der Waals surface area (Å²) in [5.41, 5.74) is -0.239. The molecule has 2 rings (SSSR count). The van der Waals surface area contributed by atoms with Crippen LogP contribution in [0, 0.1) is 19.3 Å². The number of rotatable bonds is 5. The molecule has 1 unspecified atom stereocenters. The van der Waals surface area contributed by atoms with E-state index in [9.17, 15) is 9.59 Å². The largest absolute Gasteiger partial charge is 0.445 e. The van der Waals surface area contributed by atoms with Gasteiger partial charge in [0.15, 0.2) is 11.6 Å². The third-order valence-electron chi connectivity index (χ3n) is 4.01. The maximum atomic E-state index is 12.5. The molecule has 122 valence electrons. The van der Waals surface area contributed by atoms with Gasteiger partial charge in [-0.1, -0.05) is 0 Å². The first-order chi connectivity index (χ1) is 10.4. The Hall–Kier alpha value is -1.89. The van der Waals surface area contributed by atoms with E-state index in [4.69, 9.17) is 9.15 Å². The van der Waals surface area contributed by atoms with Crippen LogP contribution in [-0.4, -0.2) is 55.0 Å². The van der Waals surface area contributed by atoms with Gasteiger partial charge < -0.3 is 19.4 Å². The SMILES string of the molecule is COCCNC(=O)C1(C)CCN(C(=O)c2nc(C)oc2C)C1. The zero-order valence-electron chi connectivity index (χ0n) is 13.6. The Bertz CT molecular complexity index is 569. The first kappa shape index (κ1) is 16.5. The summed E-state index contributed by atoms with van der Waals surface area (Å²) in [6.45, 7) is 7.18. The fraction of sp³-hybridized carbons (Fsp3) is 0.667. The highest BCUT2D eigenvalue weighted by Crippen LogP contribution is 2.31. The molecule has 0 aromatic carbocycles. The van der Waals surface area contributed by atoms with E-state index in [-0.39, 0.29) is 11.8 Å². The number of amides is 2. The van der Waals surface area contributed by atoms with E-state index in [0.717, 1.165) is 0 Å². The van der Waals surface area contributed by atoms with Crippen molar-refractivity contribution in [2.45, 2.75) is 27.2 Å². The van der Waals surface area contributed by atoms with Crippen LogP contribution in [0.3, 0.4) is 0 Å². The smallest absolute Gasteiger partial charge is 0.276 e. The maximum Gasteiger partial charge on any atom is 0.276 e. The number of aryl methyl sites for hydroxylation is 2. The minimum Gasteiger partial charge on any atom is -0.445 e. The molecule has 1 aliphatic heterocycles. The van der Waals surface area contributed by atoms with Crippen LogP contribution in [0.15, 0.2) is 4.42 Å². The number of carbonyl (C=O) groups excluding carboxylic acids is 2. The summed E-state index contributed by atoms with van der Waals surface area (Å²) in [5.74, 6) is 0.761. The van der Waals surface area contributed by atoms with Gasteiger partial charge in [-0.2, -0.15) is 0 Å². The van der Waals surface area contributed by atoms with Gasteiger partial charge in [0.05, 0.1) is 12.0 Å². The maximum absolute atomic E-state index is 12.5. The van der Waals surface area contributed by atoms with Crippen LogP contribution in [0.25, 0.3) is 0 Å². The summed E-state index contributed by atoms with van der Waals surface area (Å²) in [6, 6.07) is 0. The minimum absolute atomic E-state index is 0.0482. The van der Waals surface area contributed by atoms with Crippen molar-refractivity contribution in [3.05, 3.63) is 17.3 Å². The van der Waals surface area contributed by atoms with Gasteiger partial charge in [-0.05, 0) is 20.3 Å². The zero-order valence-corrected chi connectivity index (χ0v) is 13.6. The monoisotopic (exact) mass is 309 g/mol. The molecule has 1 aliphatic rings. The Morgan fingerprint density at radius 3 is 2.77 bits per heavy atom. The number of nitrogens with zero attached hydrogens (tertiary/aromatic N) is 2. The van der Waals surface area contributed by atoms with Gasteiger partial charge in [0, 0.05) is 33.7 Å². The summed E-state index contributed by atoms with van der Waals surface area (Å²) >= 11 is 0. The van der Waals surface area contributed by atoms with Crippen molar-refractivity contribution in [1.82, 2.24) is 15.2 Å². The van der Waals surface area contributed by atoms with Crippen LogP contribution < -0.4 is 5.32 Å². The number of methoxy groups -OCH3 is 1. The molecule has 0 aliphatic carbocycles. The first-order valence-electron chi connectivity index (χ1n) is 7.38. The molecular weight excluding hydrogens is 286 g/mol. The number of ether oxygens (including phenoxy) is 1. The molecule has 0 radical (unpaired) electrons. The predicted octanol–water partition coefficient (Wildman–Crippen LogP) is 0.906. The first-order valence-corrected chi connectivity index (χ1v) is 7.38. The summed E-state index contributed by atoms with van der Waals surface area (Å²) < 4.78 is 10.2. The van der Waals surface area contributed by atoms with Crippen molar-refractivity contribution in [1.29, 1.82) is 0 Å². The second-order valence-corrected chi connectivity index (χ2v) is 5.92. The van der Waals surface area contributed by atoms with E-state index in [1.165, 1.54) is 0 Å². The second-order valence-electron chi connectivity index (χ2n) is 5.92. The van der Waals surface area contributed by atoms with E-state index in [1.54, 1.807) is 25.9 Å². The number of aromatic nitrogens is 1. The minimum atomic E-state index is -0.573. The predicted molar refractivity (Wildman–Crippen MR) is 79.5 cm³/mol. The Balaban J connectivity index is 2.01. The molecule has 1 N–H and O–H groups in total. The molecule has 0 bridgehead atoms. The zero-order chi connectivity index (χ0) is 16.3. The quantitative estimate of drug-likeness (QED) is 0.817. The standard InChI is InChI=1S/C15H23N3O4/c1-10-12(17-11(2)22-10)13(19)18-7-5-15(3,9-18)14(20)16-6-8-21-4/h5-9H2,1-4H3,(H,16,20). The van der Waals surface area contributed by atoms with Gasteiger partial charge in [-0.3, -0.25) is 9.59 Å². The molecule has 1 saturated heterocycles. The summed E-state index contributed by atoms with van der Waals surface area (Å²) in [7, 11) is 1.59. The van der Waals surface area contributed by atoms with Gasteiger partial charge in [-0.15, -0.1) is 0 Å². The molecule has 1 atom stereocenters. The van der Waals surface area contributed by atoms with Gasteiger partial charge in [-0.25, -0.2) is 4.98 Å². The fourth-order valence-electron chi connectivity index (χ4n) is 2.68. The Morgan fingerprint density at radius 2 is 2.18 bits per heavy atom. The van der Waals surface area contributed by atoms with E-state index >= 15 is 0 Å². The average Bonchev–Trinajstić information content (AvgIpc) is 3.02. The molecule has 2 amide bonds. The lowest BCUT2D eigenvalue weighted by Gasteiger charge is -2.23. The van der Waals surface area contributed by atoms with Gasteiger partial charge >= 0.3 is 0 Å². The lowest BCUT2D eigenvalue weighted by atomic mass is 9.89. The highest BCUT2D eigenvalue weighted by atomic mass is 16.5. The normalized spacial score (nSPS) is 21.2. The van der Waals surface area contributed by atoms with Crippen molar-refractivity contribution in [3.8, 4) is 0 Å². The van der Waals surface area contributed by atoms with Crippen LogP contribution in [0.2, 0.25) is 0 Å². The Labute approximate surface area is 130 Å². The average molecular weight is 309 g/mol. The van der Waals surface area contributed by atoms with Crippen molar-refractivity contribution >= 4 is 11.8 Å². The molecule has 1 aromatic heterocycles. The third kappa shape index (κ3) is 3.30. The number of hydrogen-bond acceptors (Lipinski definition) is 5. The topological polar surface area (TPSA) is 84.7 Å². The molecule has 2 heterocycles. The van der Waals surface area contributed by atoms with E-state index in [2.05, 4.69) is 10.3 Å². The lowest BCUT2D eigenvalue weighted by Crippen LogP contribution is -2.43.